The Morgan fingerprint density at radius 2 is 1.85 bits per heavy atom. The minimum absolute atomic E-state index is 0.195. The van der Waals surface area contributed by atoms with Crippen molar-refractivity contribution in [2.45, 2.75) is 31.6 Å². The molecule has 1 unspecified atom stereocenters. The lowest BCUT2D eigenvalue weighted by Gasteiger charge is -2.45. The predicted octanol–water partition coefficient (Wildman–Crippen LogP) is 2.90. The molecular weight excluding hydrogens is 356 g/mol. The smallest absolute Gasteiger partial charge is 0.263 e. The SMILES string of the molecule is CC1(C)OCC(=O)N(C(=O)[C@H](O)c2ccccc2)C1c1ccc(F)c(F)c1. The van der Waals surface area contributed by atoms with E-state index in [0.29, 0.717) is 5.56 Å². The summed E-state index contributed by atoms with van der Waals surface area (Å²) in [5, 5.41) is 10.5. The fourth-order valence-corrected chi connectivity index (χ4v) is 3.24. The molecule has 1 saturated heterocycles. The minimum Gasteiger partial charge on any atom is -0.378 e. The number of imide groups is 1. The first-order valence-electron chi connectivity index (χ1n) is 8.40. The standard InChI is InChI=1S/C20H19F2NO4/c1-20(2)18(13-8-9-14(21)15(22)10-13)23(16(24)11-27-20)19(26)17(25)12-6-4-3-5-7-12/h3-10,17-18,25H,11H2,1-2H3/t17-,18?/m1/s1. The Labute approximate surface area is 155 Å². The highest BCUT2D eigenvalue weighted by molar-refractivity contribution is 5.99. The van der Waals surface area contributed by atoms with E-state index in [1.165, 1.54) is 6.07 Å². The third kappa shape index (κ3) is 3.61. The van der Waals surface area contributed by atoms with Gasteiger partial charge in [0.15, 0.2) is 17.7 Å². The normalized spacial score (nSPS) is 20.4. The van der Waals surface area contributed by atoms with Crippen molar-refractivity contribution in [2.24, 2.45) is 0 Å². The Balaban J connectivity index is 2.04. The van der Waals surface area contributed by atoms with Gasteiger partial charge in [-0.3, -0.25) is 14.5 Å². The van der Waals surface area contributed by atoms with Gasteiger partial charge in [0.25, 0.3) is 11.8 Å². The van der Waals surface area contributed by atoms with Crippen LogP contribution in [0.3, 0.4) is 0 Å². The highest BCUT2D eigenvalue weighted by Gasteiger charge is 2.47. The van der Waals surface area contributed by atoms with Crippen molar-refractivity contribution in [1.82, 2.24) is 4.90 Å². The molecule has 2 amide bonds. The average molecular weight is 375 g/mol. The average Bonchev–Trinajstić information content (AvgIpc) is 2.65. The second kappa shape index (κ2) is 7.17. The molecule has 142 valence electrons. The lowest BCUT2D eigenvalue weighted by Crippen LogP contribution is -2.57. The summed E-state index contributed by atoms with van der Waals surface area (Å²) in [6, 6.07) is 10.3. The van der Waals surface area contributed by atoms with Crippen LogP contribution in [0.1, 0.15) is 37.1 Å². The fraction of sp³-hybridized carbons (Fsp3) is 0.300. The molecule has 1 heterocycles. The number of carbonyl (C=O) groups excluding carboxylic acids is 2. The van der Waals surface area contributed by atoms with Crippen molar-refractivity contribution < 1.29 is 28.2 Å². The fourth-order valence-electron chi connectivity index (χ4n) is 3.24. The van der Waals surface area contributed by atoms with E-state index in [9.17, 15) is 23.5 Å². The number of hydrogen-bond donors (Lipinski definition) is 1. The Hall–Kier alpha value is -2.64. The van der Waals surface area contributed by atoms with E-state index in [4.69, 9.17) is 4.74 Å². The highest BCUT2D eigenvalue weighted by atomic mass is 19.2. The van der Waals surface area contributed by atoms with Crippen molar-refractivity contribution in [3.63, 3.8) is 0 Å². The molecule has 1 aliphatic rings. The number of ether oxygens (including phenoxy) is 1. The molecule has 0 aromatic heterocycles. The van der Waals surface area contributed by atoms with Crippen LogP contribution in [0, 0.1) is 11.6 Å². The number of amides is 2. The first kappa shape index (κ1) is 19.1. The van der Waals surface area contributed by atoms with Crippen molar-refractivity contribution in [3.8, 4) is 0 Å². The number of morpholine rings is 1. The number of hydrogen-bond acceptors (Lipinski definition) is 4. The van der Waals surface area contributed by atoms with Crippen LogP contribution in [-0.2, 0) is 14.3 Å². The number of benzene rings is 2. The summed E-state index contributed by atoms with van der Waals surface area (Å²) in [4.78, 5) is 26.3. The van der Waals surface area contributed by atoms with Crippen LogP contribution >= 0.6 is 0 Å². The van der Waals surface area contributed by atoms with Gasteiger partial charge in [0.2, 0.25) is 0 Å². The minimum atomic E-state index is -1.57. The zero-order valence-electron chi connectivity index (χ0n) is 14.9. The van der Waals surface area contributed by atoms with Crippen molar-refractivity contribution in [2.75, 3.05) is 6.61 Å². The van der Waals surface area contributed by atoms with Crippen molar-refractivity contribution in [3.05, 3.63) is 71.3 Å². The molecule has 3 rings (SSSR count). The number of nitrogens with zero attached hydrogens (tertiary/aromatic N) is 1. The summed E-state index contributed by atoms with van der Waals surface area (Å²) in [7, 11) is 0. The summed E-state index contributed by atoms with van der Waals surface area (Å²) in [6.07, 6.45) is -1.57. The Morgan fingerprint density at radius 3 is 2.48 bits per heavy atom. The summed E-state index contributed by atoms with van der Waals surface area (Å²) in [6.45, 7) is 2.92. The maximum atomic E-state index is 13.8. The number of carbonyl (C=O) groups is 2. The first-order chi connectivity index (χ1) is 12.7. The lowest BCUT2D eigenvalue weighted by atomic mass is 9.87. The maximum Gasteiger partial charge on any atom is 0.263 e. The molecule has 0 radical (unpaired) electrons. The van der Waals surface area contributed by atoms with Gasteiger partial charge in [0.1, 0.15) is 6.61 Å². The monoisotopic (exact) mass is 375 g/mol. The molecule has 0 bridgehead atoms. The Morgan fingerprint density at radius 1 is 1.19 bits per heavy atom. The van der Waals surface area contributed by atoms with Gasteiger partial charge in [-0.25, -0.2) is 8.78 Å². The van der Waals surface area contributed by atoms with Gasteiger partial charge in [0.05, 0.1) is 11.6 Å². The third-order valence-corrected chi connectivity index (χ3v) is 4.60. The van der Waals surface area contributed by atoms with Crippen LogP contribution < -0.4 is 0 Å². The van der Waals surface area contributed by atoms with Crippen LogP contribution in [0.25, 0.3) is 0 Å². The topological polar surface area (TPSA) is 66.8 Å². The summed E-state index contributed by atoms with van der Waals surface area (Å²) in [5.74, 6) is -3.65. The first-order valence-corrected chi connectivity index (χ1v) is 8.40. The molecule has 0 spiro atoms. The van der Waals surface area contributed by atoms with Crippen LogP contribution in [-0.4, -0.2) is 34.0 Å². The van der Waals surface area contributed by atoms with E-state index in [2.05, 4.69) is 0 Å². The molecule has 2 aromatic rings. The molecule has 0 aliphatic carbocycles. The van der Waals surface area contributed by atoms with Crippen LogP contribution in [0.5, 0.6) is 0 Å². The quantitative estimate of drug-likeness (QED) is 0.896. The molecule has 7 heteroatoms. The van der Waals surface area contributed by atoms with Crippen LogP contribution in [0.4, 0.5) is 8.78 Å². The molecule has 2 aromatic carbocycles. The number of aliphatic hydroxyl groups is 1. The van der Waals surface area contributed by atoms with Crippen LogP contribution in [0.15, 0.2) is 48.5 Å². The summed E-state index contributed by atoms with van der Waals surface area (Å²) in [5.41, 5.74) is -0.547. The largest absolute Gasteiger partial charge is 0.378 e. The lowest BCUT2D eigenvalue weighted by molar-refractivity contribution is -0.183. The second-order valence-electron chi connectivity index (χ2n) is 6.88. The van der Waals surface area contributed by atoms with E-state index < -0.39 is 41.2 Å². The molecule has 2 atom stereocenters. The molecular formula is C20H19F2NO4. The van der Waals surface area contributed by atoms with Gasteiger partial charge in [-0.05, 0) is 37.1 Å². The van der Waals surface area contributed by atoms with E-state index in [1.54, 1.807) is 44.2 Å². The van der Waals surface area contributed by atoms with Crippen LogP contribution in [0.2, 0.25) is 0 Å². The number of rotatable bonds is 3. The third-order valence-electron chi connectivity index (χ3n) is 4.60. The Bertz CT molecular complexity index is 870. The highest BCUT2D eigenvalue weighted by Crippen LogP contribution is 2.39. The van der Waals surface area contributed by atoms with E-state index >= 15 is 0 Å². The van der Waals surface area contributed by atoms with Gasteiger partial charge in [-0.2, -0.15) is 0 Å². The Kier molecular flexibility index (Phi) is 5.08. The second-order valence-corrected chi connectivity index (χ2v) is 6.88. The van der Waals surface area contributed by atoms with Gasteiger partial charge in [-0.1, -0.05) is 36.4 Å². The van der Waals surface area contributed by atoms with Gasteiger partial charge in [-0.15, -0.1) is 0 Å². The summed E-state index contributed by atoms with van der Waals surface area (Å²) < 4.78 is 32.7. The number of halogens is 2. The van der Waals surface area contributed by atoms with Gasteiger partial charge >= 0.3 is 0 Å². The van der Waals surface area contributed by atoms with Gasteiger partial charge < -0.3 is 9.84 Å². The molecule has 5 nitrogen and oxygen atoms in total. The molecule has 1 fully saturated rings. The van der Waals surface area contributed by atoms with Gasteiger partial charge in [0, 0.05) is 0 Å². The molecule has 27 heavy (non-hydrogen) atoms. The zero-order valence-corrected chi connectivity index (χ0v) is 14.9. The number of aliphatic hydroxyl groups excluding tert-OH is 1. The van der Waals surface area contributed by atoms with Crippen molar-refractivity contribution >= 4 is 11.8 Å². The predicted molar refractivity (Wildman–Crippen MR) is 92.4 cm³/mol. The molecule has 1 N–H and O–H groups in total. The molecule has 0 saturated carbocycles. The molecule has 1 aliphatic heterocycles. The van der Waals surface area contributed by atoms with Crippen molar-refractivity contribution in [1.29, 1.82) is 0 Å². The van der Waals surface area contributed by atoms with E-state index in [0.717, 1.165) is 17.0 Å². The maximum absolute atomic E-state index is 13.8. The van der Waals surface area contributed by atoms with E-state index in [-0.39, 0.29) is 12.2 Å². The zero-order chi connectivity index (χ0) is 19.8. The summed E-state index contributed by atoms with van der Waals surface area (Å²) >= 11 is 0. The van der Waals surface area contributed by atoms with E-state index in [1.807, 2.05) is 0 Å².